The Morgan fingerprint density at radius 2 is 1.82 bits per heavy atom. The Kier molecular flexibility index (Phi) is 5.01. The summed E-state index contributed by atoms with van der Waals surface area (Å²) in [5, 5.41) is 2.74. The highest BCUT2D eigenvalue weighted by Crippen LogP contribution is 2.51. The minimum absolute atomic E-state index is 0.330. The molecule has 0 amide bonds. The Morgan fingerprint density at radius 1 is 1.18 bits per heavy atom. The smallest absolute Gasteiger partial charge is 0.352 e. The van der Waals surface area contributed by atoms with Crippen LogP contribution in [-0.2, 0) is 11.0 Å². The van der Waals surface area contributed by atoms with Crippen LogP contribution in [0.4, 0.5) is 10.1 Å². The van der Waals surface area contributed by atoms with Gasteiger partial charge in [-0.2, -0.15) is 0 Å². The van der Waals surface area contributed by atoms with Gasteiger partial charge in [-0.3, -0.25) is 4.57 Å². The summed E-state index contributed by atoms with van der Waals surface area (Å²) in [6, 6.07) is 11.4. The number of benzene rings is 2. The topological polar surface area (TPSA) is 69.6 Å². The third kappa shape index (κ3) is 3.95. The van der Waals surface area contributed by atoms with Crippen molar-refractivity contribution in [3.05, 3.63) is 65.0 Å². The van der Waals surface area contributed by atoms with E-state index in [-0.39, 0.29) is 0 Å². The first-order valence-electron chi connectivity index (χ1n) is 6.98. The van der Waals surface area contributed by atoms with E-state index in [1.807, 2.05) is 19.1 Å². The first-order valence-corrected chi connectivity index (χ1v) is 8.66. The molecule has 0 aliphatic heterocycles. The fourth-order valence-electron chi connectivity index (χ4n) is 2.14. The summed E-state index contributed by atoms with van der Waals surface area (Å²) in [6.45, 7) is 3.63. The van der Waals surface area contributed by atoms with Gasteiger partial charge in [0.25, 0.3) is 0 Å². The van der Waals surface area contributed by atoms with Crippen LogP contribution in [0.3, 0.4) is 0 Å². The summed E-state index contributed by atoms with van der Waals surface area (Å²) in [6.07, 6.45) is 0.845. The van der Waals surface area contributed by atoms with E-state index in [1.54, 1.807) is 31.2 Å². The standard InChI is InChI=1S/C16H19FNO3P/c1-3-12-5-7-13(8-6-12)16(22(19,20)21)18-14-9-4-11(2)15(17)10-14/h4-10,16,18H,3H2,1-2H3,(H2,19,20,21). The number of hydrogen-bond donors (Lipinski definition) is 3. The summed E-state index contributed by atoms with van der Waals surface area (Å²) >= 11 is 0. The van der Waals surface area contributed by atoms with E-state index in [2.05, 4.69) is 5.32 Å². The fourth-order valence-corrected chi connectivity index (χ4v) is 3.02. The van der Waals surface area contributed by atoms with Crippen molar-refractivity contribution >= 4 is 13.3 Å². The van der Waals surface area contributed by atoms with Gasteiger partial charge in [-0.05, 0) is 42.2 Å². The Labute approximate surface area is 129 Å². The maximum absolute atomic E-state index is 13.6. The quantitative estimate of drug-likeness (QED) is 0.728. The van der Waals surface area contributed by atoms with Crippen LogP contribution >= 0.6 is 7.60 Å². The number of aryl methyl sites for hydroxylation is 2. The third-order valence-electron chi connectivity index (χ3n) is 3.52. The van der Waals surface area contributed by atoms with E-state index in [1.165, 1.54) is 6.07 Å². The summed E-state index contributed by atoms with van der Waals surface area (Å²) in [7, 11) is -4.45. The van der Waals surface area contributed by atoms with Gasteiger partial charge in [0.1, 0.15) is 5.82 Å². The average Bonchev–Trinajstić information content (AvgIpc) is 2.47. The number of hydrogen-bond acceptors (Lipinski definition) is 2. The van der Waals surface area contributed by atoms with Crippen LogP contribution in [0.15, 0.2) is 42.5 Å². The van der Waals surface area contributed by atoms with Gasteiger partial charge in [0, 0.05) is 5.69 Å². The van der Waals surface area contributed by atoms with Crippen LogP contribution in [0, 0.1) is 12.7 Å². The van der Waals surface area contributed by atoms with Gasteiger partial charge in [0.15, 0.2) is 5.78 Å². The van der Waals surface area contributed by atoms with Crippen LogP contribution in [0.5, 0.6) is 0 Å². The van der Waals surface area contributed by atoms with Gasteiger partial charge in [-0.25, -0.2) is 4.39 Å². The predicted molar refractivity (Wildman–Crippen MR) is 85.4 cm³/mol. The zero-order valence-electron chi connectivity index (χ0n) is 12.5. The molecule has 0 aliphatic rings. The SMILES string of the molecule is CCc1ccc(C(Nc2ccc(C)c(F)c2)P(=O)(O)O)cc1. The zero-order chi connectivity index (χ0) is 16.3. The van der Waals surface area contributed by atoms with E-state index in [4.69, 9.17) is 0 Å². The molecule has 2 aromatic rings. The molecule has 118 valence electrons. The third-order valence-corrected chi connectivity index (χ3v) is 4.62. The summed E-state index contributed by atoms with van der Waals surface area (Å²) in [5.41, 5.74) is 2.35. The molecule has 3 N–H and O–H groups in total. The van der Waals surface area contributed by atoms with Crippen molar-refractivity contribution in [3.63, 3.8) is 0 Å². The second-order valence-electron chi connectivity index (χ2n) is 5.20. The molecule has 0 fully saturated rings. The molecule has 1 atom stereocenters. The first-order chi connectivity index (χ1) is 10.3. The van der Waals surface area contributed by atoms with Crippen molar-refractivity contribution in [2.75, 3.05) is 5.32 Å². The van der Waals surface area contributed by atoms with E-state index >= 15 is 0 Å². The maximum Gasteiger partial charge on any atom is 0.352 e. The molecule has 0 saturated carbocycles. The summed E-state index contributed by atoms with van der Waals surface area (Å²) in [4.78, 5) is 19.2. The predicted octanol–water partition coefficient (Wildman–Crippen LogP) is 3.98. The molecule has 2 rings (SSSR count). The lowest BCUT2D eigenvalue weighted by molar-refractivity contribution is 0.363. The Bertz CT molecular complexity index is 697. The molecule has 1 unspecified atom stereocenters. The molecular formula is C16H19FNO3P. The van der Waals surface area contributed by atoms with Crippen LogP contribution in [-0.4, -0.2) is 9.79 Å². The molecule has 0 aliphatic carbocycles. The minimum atomic E-state index is -4.45. The van der Waals surface area contributed by atoms with E-state index in [0.717, 1.165) is 12.0 Å². The molecule has 22 heavy (non-hydrogen) atoms. The van der Waals surface area contributed by atoms with Gasteiger partial charge in [0.05, 0.1) is 0 Å². The van der Waals surface area contributed by atoms with Crippen molar-refractivity contribution in [2.24, 2.45) is 0 Å². The molecule has 0 spiro atoms. The largest absolute Gasteiger partial charge is 0.368 e. The number of rotatable bonds is 5. The normalized spacial score (nSPS) is 13.0. The van der Waals surface area contributed by atoms with Crippen molar-refractivity contribution in [3.8, 4) is 0 Å². The van der Waals surface area contributed by atoms with Crippen LogP contribution < -0.4 is 5.32 Å². The highest BCUT2D eigenvalue weighted by atomic mass is 31.2. The molecule has 0 heterocycles. The van der Waals surface area contributed by atoms with Crippen LogP contribution in [0.1, 0.15) is 29.4 Å². The van der Waals surface area contributed by atoms with E-state index in [0.29, 0.717) is 16.8 Å². The zero-order valence-corrected chi connectivity index (χ0v) is 13.3. The van der Waals surface area contributed by atoms with Crippen molar-refractivity contribution in [1.29, 1.82) is 0 Å². The molecule has 0 radical (unpaired) electrons. The number of nitrogens with one attached hydrogen (secondary N) is 1. The lowest BCUT2D eigenvalue weighted by Crippen LogP contribution is -2.11. The molecule has 0 saturated heterocycles. The summed E-state index contributed by atoms with van der Waals surface area (Å²) < 4.78 is 25.4. The van der Waals surface area contributed by atoms with Crippen molar-refractivity contribution in [1.82, 2.24) is 0 Å². The van der Waals surface area contributed by atoms with E-state index < -0.39 is 19.2 Å². The van der Waals surface area contributed by atoms with Gasteiger partial charge >= 0.3 is 7.60 Å². The van der Waals surface area contributed by atoms with Crippen LogP contribution in [0.2, 0.25) is 0 Å². The molecule has 0 bridgehead atoms. The Balaban J connectivity index is 2.33. The lowest BCUT2D eigenvalue weighted by atomic mass is 10.1. The lowest BCUT2D eigenvalue weighted by Gasteiger charge is -2.22. The fraction of sp³-hybridized carbons (Fsp3) is 0.250. The van der Waals surface area contributed by atoms with Gasteiger partial charge in [-0.1, -0.05) is 37.3 Å². The molecular weight excluding hydrogens is 304 g/mol. The average molecular weight is 323 g/mol. The van der Waals surface area contributed by atoms with Gasteiger partial charge < -0.3 is 15.1 Å². The monoisotopic (exact) mass is 323 g/mol. The Hall–Kier alpha value is -1.68. The van der Waals surface area contributed by atoms with Crippen molar-refractivity contribution in [2.45, 2.75) is 26.1 Å². The van der Waals surface area contributed by atoms with E-state index in [9.17, 15) is 18.7 Å². The first kappa shape index (κ1) is 16.7. The minimum Gasteiger partial charge on any atom is -0.368 e. The van der Waals surface area contributed by atoms with Gasteiger partial charge in [-0.15, -0.1) is 0 Å². The second-order valence-corrected chi connectivity index (χ2v) is 6.89. The maximum atomic E-state index is 13.6. The van der Waals surface area contributed by atoms with Gasteiger partial charge in [0.2, 0.25) is 0 Å². The molecule has 2 aromatic carbocycles. The van der Waals surface area contributed by atoms with Crippen LogP contribution in [0.25, 0.3) is 0 Å². The number of anilines is 1. The molecule has 6 heteroatoms. The van der Waals surface area contributed by atoms with Crippen molar-refractivity contribution < 1.29 is 18.7 Å². The number of halogens is 1. The second kappa shape index (κ2) is 6.61. The Morgan fingerprint density at radius 3 is 2.32 bits per heavy atom. The molecule has 4 nitrogen and oxygen atoms in total. The highest BCUT2D eigenvalue weighted by molar-refractivity contribution is 7.52. The molecule has 0 aromatic heterocycles. The highest BCUT2D eigenvalue weighted by Gasteiger charge is 2.30. The summed E-state index contributed by atoms with van der Waals surface area (Å²) in [5.74, 6) is -1.63.